The number of hydrogen-bond acceptors (Lipinski definition) is 3. The van der Waals surface area contributed by atoms with Gasteiger partial charge < -0.3 is 5.73 Å². The fourth-order valence-electron chi connectivity index (χ4n) is 2.89. The molecule has 0 atom stereocenters. The van der Waals surface area contributed by atoms with Gasteiger partial charge in [-0.05, 0) is 48.9 Å². The molecule has 0 amide bonds. The van der Waals surface area contributed by atoms with Gasteiger partial charge in [0.25, 0.3) is 0 Å². The second kappa shape index (κ2) is 6.65. The molecule has 1 fully saturated rings. The summed E-state index contributed by atoms with van der Waals surface area (Å²) in [4.78, 5) is 0.297. The summed E-state index contributed by atoms with van der Waals surface area (Å²) in [6.07, 6.45) is 2.97. The topological polar surface area (TPSA) is 63.4 Å². The minimum atomic E-state index is -3.49. The standard InChI is InChI=1S/C15H23ClN2O2S/c1-3-12-4-6-18(7-5-12)21(19,20)15-9-14(16)8-13(10-17)11(15)2/h8-9,12H,3-7,10,17H2,1-2H3. The first kappa shape index (κ1) is 16.7. The predicted octanol–water partition coefficient (Wildman–Crippen LogP) is 2.92. The number of nitrogens with zero attached hydrogens (tertiary/aromatic N) is 1. The lowest BCUT2D eigenvalue weighted by Crippen LogP contribution is -2.38. The van der Waals surface area contributed by atoms with Crippen molar-refractivity contribution >= 4 is 21.6 Å². The Morgan fingerprint density at radius 1 is 1.33 bits per heavy atom. The fourth-order valence-corrected chi connectivity index (χ4v) is 4.95. The van der Waals surface area contributed by atoms with Crippen LogP contribution in [0, 0.1) is 12.8 Å². The molecule has 21 heavy (non-hydrogen) atoms. The van der Waals surface area contributed by atoms with Crippen molar-refractivity contribution in [3.8, 4) is 0 Å². The molecular weight excluding hydrogens is 308 g/mol. The molecule has 1 saturated heterocycles. The summed E-state index contributed by atoms with van der Waals surface area (Å²) >= 11 is 6.05. The highest BCUT2D eigenvalue weighted by molar-refractivity contribution is 7.89. The van der Waals surface area contributed by atoms with E-state index in [0.717, 1.165) is 24.8 Å². The van der Waals surface area contributed by atoms with E-state index in [9.17, 15) is 8.42 Å². The highest BCUT2D eigenvalue weighted by atomic mass is 35.5. The van der Waals surface area contributed by atoms with Crippen molar-refractivity contribution in [3.63, 3.8) is 0 Å². The highest BCUT2D eigenvalue weighted by Crippen LogP contribution is 2.30. The number of nitrogens with two attached hydrogens (primary N) is 1. The van der Waals surface area contributed by atoms with Gasteiger partial charge in [0.15, 0.2) is 0 Å². The van der Waals surface area contributed by atoms with Crippen LogP contribution in [-0.2, 0) is 16.6 Å². The monoisotopic (exact) mass is 330 g/mol. The van der Waals surface area contributed by atoms with E-state index in [1.54, 1.807) is 17.3 Å². The van der Waals surface area contributed by atoms with Crippen LogP contribution in [0.5, 0.6) is 0 Å². The molecule has 1 aromatic carbocycles. The lowest BCUT2D eigenvalue weighted by atomic mass is 9.96. The summed E-state index contributed by atoms with van der Waals surface area (Å²) < 4.78 is 27.3. The van der Waals surface area contributed by atoms with E-state index in [1.165, 1.54) is 6.07 Å². The summed E-state index contributed by atoms with van der Waals surface area (Å²) in [5.74, 6) is 0.636. The minimum absolute atomic E-state index is 0.285. The van der Waals surface area contributed by atoms with Gasteiger partial charge in [0.1, 0.15) is 0 Å². The Kier molecular flexibility index (Phi) is 5.30. The van der Waals surface area contributed by atoms with Gasteiger partial charge in [0.05, 0.1) is 4.90 Å². The maximum absolute atomic E-state index is 12.8. The first-order chi connectivity index (χ1) is 9.90. The number of halogens is 1. The van der Waals surface area contributed by atoms with Crippen LogP contribution in [0.4, 0.5) is 0 Å². The van der Waals surface area contributed by atoms with E-state index in [1.807, 2.05) is 0 Å². The molecule has 1 heterocycles. The normalized spacial score (nSPS) is 18.1. The number of piperidine rings is 1. The van der Waals surface area contributed by atoms with Gasteiger partial charge in [-0.15, -0.1) is 0 Å². The van der Waals surface area contributed by atoms with Crippen molar-refractivity contribution in [3.05, 3.63) is 28.3 Å². The zero-order valence-corrected chi connectivity index (χ0v) is 14.2. The van der Waals surface area contributed by atoms with Crippen molar-refractivity contribution in [2.45, 2.75) is 44.6 Å². The lowest BCUT2D eigenvalue weighted by molar-refractivity contribution is 0.269. The Bertz CT molecular complexity index is 608. The molecule has 0 unspecified atom stereocenters. The molecule has 2 N–H and O–H groups in total. The van der Waals surface area contributed by atoms with Crippen LogP contribution >= 0.6 is 11.6 Å². The van der Waals surface area contributed by atoms with Gasteiger partial charge in [-0.25, -0.2) is 8.42 Å². The third kappa shape index (κ3) is 3.42. The van der Waals surface area contributed by atoms with Gasteiger partial charge in [-0.3, -0.25) is 0 Å². The molecule has 0 bridgehead atoms. The van der Waals surface area contributed by atoms with E-state index < -0.39 is 10.0 Å². The molecule has 0 saturated carbocycles. The zero-order valence-electron chi connectivity index (χ0n) is 12.6. The van der Waals surface area contributed by atoms with Crippen molar-refractivity contribution < 1.29 is 8.42 Å². The molecule has 0 aliphatic carbocycles. The Balaban J connectivity index is 2.34. The SMILES string of the molecule is CCC1CCN(S(=O)(=O)c2cc(Cl)cc(CN)c2C)CC1. The molecule has 4 nitrogen and oxygen atoms in total. The van der Waals surface area contributed by atoms with Gasteiger partial charge in [-0.2, -0.15) is 4.31 Å². The third-order valence-electron chi connectivity index (χ3n) is 4.42. The number of benzene rings is 1. The van der Waals surface area contributed by atoms with Crippen molar-refractivity contribution in [1.29, 1.82) is 0 Å². The largest absolute Gasteiger partial charge is 0.326 e. The molecule has 118 valence electrons. The molecule has 1 aliphatic heterocycles. The van der Waals surface area contributed by atoms with Crippen LogP contribution < -0.4 is 5.73 Å². The van der Waals surface area contributed by atoms with Crippen molar-refractivity contribution in [2.75, 3.05) is 13.1 Å². The predicted molar refractivity (Wildman–Crippen MR) is 85.9 cm³/mol. The highest BCUT2D eigenvalue weighted by Gasteiger charge is 2.30. The van der Waals surface area contributed by atoms with Gasteiger partial charge in [0.2, 0.25) is 10.0 Å². The minimum Gasteiger partial charge on any atom is -0.326 e. The lowest BCUT2D eigenvalue weighted by Gasteiger charge is -2.31. The summed E-state index contributed by atoms with van der Waals surface area (Å²) in [6, 6.07) is 3.27. The van der Waals surface area contributed by atoms with Crippen LogP contribution in [0.1, 0.15) is 37.3 Å². The summed E-state index contributed by atoms with van der Waals surface area (Å²) in [6.45, 7) is 5.41. The second-order valence-electron chi connectivity index (χ2n) is 5.65. The third-order valence-corrected chi connectivity index (χ3v) is 6.66. The van der Waals surface area contributed by atoms with Crippen LogP contribution in [0.3, 0.4) is 0 Å². The quantitative estimate of drug-likeness (QED) is 0.923. The van der Waals surface area contributed by atoms with E-state index in [0.29, 0.717) is 34.5 Å². The Labute approximate surface area is 132 Å². The average molecular weight is 331 g/mol. The first-order valence-corrected chi connectivity index (χ1v) is 9.21. The van der Waals surface area contributed by atoms with Crippen LogP contribution in [0.15, 0.2) is 17.0 Å². The molecule has 0 aromatic heterocycles. The van der Waals surface area contributed by atoms with Crippen LogP contribution in [0.25, 0.3) is 0 Å². The maximum atomic E-state index is 12.8. The summed E-state index contributed by atoms with van der Waals surface area (Å²) in [5.41, 5.74) is 7.17. The Hall–Kier alpha value is -0.620. The Morgan fingerprint density at radius 2 is 1.95 bits per heavy atom. The van der Waals surface area contributed by atoms with Crippen molar-refractivity contribution in [1.82, 2.24) is 4.31 Å². The molecule has 1 aromatic rings. The zero-order chi connectivity index (χ0) is 15.6. The molecule has 0 radical (unpaired) electrons. The van der Waals surface area contributed by atoms with Crippen molar-refractivity contribution in [2.24, 2.45) is 11.7 Å². The summed E-state index contributed by atoms with van der Waals surface area (Å²) in [7, 11) is -3.49. The number of hydrogen-bond donors (Lipinski definition) is 1. The van der Waals surface area contributed by atoms with E-state index in [-0.39, 0.29) is 6.54 Å². The molecule has 0 spiro atoms. The fraction of sp³-hybridized carbons (Fsp3) is 0.600. The molecular formula is C15H23ClN2O2S. The smallest absolute Gasteiger partial charge is 0.243 e. The first-order valence-electron chi connectivity index (χ1n) is 7.39. The van der Waals surface area contributed by atoms with Gasteiger partial charge in [0, 0.05) is 24.7 Å². The molecule has 1 aliphatic rings. The second-order valence-corrected chi connectivity index (χ2v) is 7.99. The van der Waals surface area contributed by atoms with Gasteiger partial charge in [-0.1, -0.05) is 24.9 Å². The maximum Gasteiger partial charge on any atom is 0.243 e. The van der Waals surface area contributed by atoms with E-state index >= 15 is 0 Å². The van der Waals surface area contributed by atoms with Crippen LogP contribution in [-0.4, -0.2) is 25.8 Å². The van der Waals surface area contributed by atoms with E-state index in [2.05, 4.69) is 6.92 Å². The average Bonchev–Trinajstić information content (AvgIpc) is 2.49. The molecule has 2 rings (SSSR count). The molecule has 6 heteroatoms. The van der Waals surface area contributed by atoms with Gasteiger partial charge >= 0.3 is 0 Å². The Morgan fingerprint density at radius 3 is 2.48 bits per heavy atom. The summed E-state index contributed by atoms with van der Waals surface area (Å²) in [5, 5.41) is 0.420. The van der Waals surface area contributed by atoms with E-state index in [4.69, 9.17) is 17.3 Å². The number of sulfonamides is 1. The van der Waals surface area contributed by atoms with Crippen LogP contribution in [0.2, 0.25) is 5.02 Å². The number of rotatable bonds is 4.